The summed E-state index contributed by atoms with van der Waals surface area (Å²) in [6.07, 6.45) is 0. The monoisotopic (exact) mass is 490 g/mol. The number of rotatable bonds is 7. The number of halogens is 1. The number of hydrogen-bond donors (Lipinski definition) is 1. The van der Waals surface area contributed by atoms with Crippen molar-refractivity contribution in [2.75, 3.05) is 26.4 Å². The van der Waals surface area contributed by atoms with Crippen LogP contribution in [0, 0.1) is 13.8 Å². The first-order valence-electron chi connectivity index (χ1n) is 8.04. The zero-order valence-corrected chi connectivity index (χ0v) is 19.2. The van der Waals surface area contributed by atoms with Crippen molar-refractivity contribution in [3.05, 3.63) is 51.5 Å². The number of nitrogens with one attached hydrogen (secondary N) is 1. The smallest absolute Gasteiger partial charge is 0.193 e. The highest BCUT2D eigenvalue weighted by molar-refractivity contribution is 14.0. The van der Waals surface area contributed by atoms with E-state index in [1.54, 1.807) is 11.3 Å². The third kappa shape index (κ3) is 7.96. The number of thiazole rings is 1. The lowest BCUT2D eigenvalue weighted by Crippen LogP contribution is -2.39. The molecule has 1 N–H and O–H groups in total. The minimum absolute atomic E-state index is 0. The second-order valence-corrected chi connectivity index (χ2v) is 7.89. The summed E-state index contributed by atoms with van der Waals surface area (Å²) in [5, 5.41) is 6.64. The fourth-order valence-corrected chi connectivity index (χ4v) is 3.72. The Morgan fingerprint density at radius 3 is 2.60 bits per heavy atom. The second kappa shape index (κ2) is 11.7. The molecule has 25 heavy (non-hydrogen) atoms. The summed E-state index contributed by atoms with van der Waals surface area (Å²) < 4.78 is 0. The fourth-order valence-electron chi connectivity index (χ4n) is 2.29. The van der Waals surface area contributed by atoms with Gasteiger partial charge >= 0.3 is 0 Å². The Kier molecular flexibility index (Phi) is 10.4. The first kappa shape index (κ1) is 22.2. The van der Waals surface area contributed by atoms with Gasteiger partial charge in [-0.25, -0.2) is 4.98 Å². The Morgan fingerprint density at radius 2 is 2.00 bits per heavy atom. The van der Waals surface area contributed by atoms with Crippen molar-refractivity contribution < 1.29 is 0 Å². The van der Waals surface area contributed by atoms with E-state index < -0.39 is 0 Å². The quantitative estimate of drug-likeness (QED) is 0.272. The molecule has 1 aromatic heterocycles. The number of guanidine groups is 1. The van der Waals surface area contributed by atoms with Crippen LogP contribution in [0.1, 0.15) is 21.8 Å². The lowest BCUT2D eigenvalue weighted by molar-refractivity contribution is 0.473. The van der Waals surface area contributed by atoms with Gasteiger partial charge in [0, 0.05) is 37.5 Å². The number of aromatic nitrogens is 1. The van der Waals surface area contributed by atoms with Gasteiger partial charge in [0.05, 0.1) is 17.2 Å². The normalized spacial score (nSPS) is 11.1. The van der Waals surface area contributed by atoms with Crippen molar-refractivity contribution in [2.24, 2.45) is 4.99 Å². The molecule has 0 bridgehead atoms. The van der Waals surface area contributed by atoms with Crippen molar-refractivity contribution in [1.82, 2.24) is 15.2 Å². The second-order valence-electron chi connectivity index (χ2n) is 5.73. The highest BCUT2D eigenvalue weighted by Gasteiger charge is 2.08. The number of benzene rings is 1. The molecule has 0 aliphatic carbocycles. The Hall–Kier alpha value is -0.800. The SMILES string of the molecule is CN=C(NCCSCc1ccc(C)cc1)N(C)Cc1csc(C)n1.I. The summed E-state index contributed by atoms with van der Waals surface area (Å²) in [5.74, 6) is 3.02. The van der Waals surface area contributed by atoms with E-state index in [9.17, 15) is 0 Å². The molecule has 2 aromatic rings. The van der Waals surface area contributed by atoms with Crippen molar-refractivity contribution in [3.8, 4) is 0 Å². The molecular formula is C18H27IN4S2. The summed E-state index contributed by atoms with van der Waals surface area (Å²) in [6.45, 7) is 5.84. The van der Waals surface area contributed by atoms with E-state index in [-0.39, 0.29) is 24.0 Å². The summed E-state index contributed by atoms with van der Waals surface area (Å²) >= 11 is 3.62. The molecule has 4 nitrogen and oxygen atoms in total. The van der Waals surface area contributed by atoms with Crippen molar-refractivity contribution >= 4 is 53.0 Å². The first-order valence-corrected chi connectivity index (χ1v) is 10.1. The molecule has 0 amide bonds. The molecule has 0 saturated heterocycles. The maximum Gasteiger partial charge on any atom is 0.193 e. The van der Waals surface area contributed by atoms with Gasteiger partial charge < -0.3 is 10.2 Å². The number of aliphatic imine (C=N–C) groups is 1. The maximum atomic E-state index is 4.51. The molecule has 0 unspecified atom stereocenters. The van der Waals surface area contributed by atoms with Crippen LogP contribution in [0.3, 0.4) is 0 Å². The van der Waals surface area contributed by atoms with Crippen LogP contribution in [0.4, 0.5) is 0 Å². The van der Waals surface area contributed by atoms with Gasteiger partial charge in [-0.2, -0.15) is 11.8 Å². The van der Waals surface area contributed by atoms with Gasteiger partial charge in [-0.15, -0.1) is 35.3 Å². The van der Waals surface area contributed by atoms with E-state index in [0.717, 1.165) is 41.3 Å². The van der Waals surface area contributed by atoms with E-state index in [1.807, 2.05) is 32.8 Å². The van der Waals surface area contributed by atoms with Crippen LogP contribution in [0.2, 0.25) is 0 Å². The van der Waals surface area contributed by atoms with Crippen LogP contribution in [0.15, 0.2) is 34.6 Å². The number of aryl methyl sites for hydroxylation is 2. The van der Waals surface area contributed by atoms with Gasteiger partial charge in [0.25, 0.3) is 0 Å². The summed E-state index contributed by atoms with van der Waals surface area (Å²) in [7, 11) is 3.87. The summed E-state index contributed by atoms with van der Waals surface area (Å²) in [4.78, 5) is 11.0. The minimum atomic E-state index is 0. The molecule has 0 fully saturated rings. The van der Waals surface area contributed by atoms with E-state index in [2.05, 4.69) is 56.8 Å². The Morgan fingerprint density at radius 1 is 1.28 bits per heavy atom. The summed E-state index contributed by atoms with van der Waals surface area (Å²) in [5.41, 5.74) is 3.79. The van der Waals surface area contributed by atoms with Gasteiger partial charge in [0.2, 0.25) is 0 Å². The van der Waals surface area contributed by atoms with E-state index in [4.69, 9.17) is 0 Å². The first-order chi connectivity index (χ1) is 11.6. The molecule has 7 heteroatoms. The van der Waals surface area contributed by atoms with E-state index in [0.29, 0.717) is 0 Å². The van der Waals surface area contributed by atoms with Crippen LogP contribution in [-0.4, -0.2) is 42.2 Å². The highest BCUT2D eigenvalue weighted by atomic mass is 127. The summed E-state index contributed by atoms with van der Waals surface area (Å²) in [6, 6.07) is 8.76. The number of thioether (sulfide) groups is 1. The standard InChI is InChI=1S/C18H26N4S2.HI/c1-14-5-7-16(8-6-14)12-23-10-9-20-18(19-3)22(4)11-17-13-24-15(2)21-17;/h5-8,13H,9-12H2,1-4H3,(H,19,20);1H. The average Bonchev–Trinajstić information content (AvgIpc) is 2.97. The molecule has 1 heterocycles. The van der Waals surface area contributed by atoms with Crippen LogP contribution < -0.4 is 5.32 Å². The highest BCUT2D eigenvalue weighted by Crippen LogP contribution is 2.12. The third-order valence-corrected chi connectivity index (χ3v) is 5.41. The molecule has 0 aliphatic heterocycles. The van der Waals surface area contributed by atoms with Gasteiger partial charge in [-0.1, -0.05) is 29.8 Å². The Balaban J connectivity index is 0.00000312. The van der Waals surface area contributed by atoms with Crippen molar-refractivity contribution in [2.45, 2.75) is 26.1 Å². The van der Waals surface area contributed by atoms with Gasteiger partial charge in [0.15, 0.2) is 5.96 Å². The zero-order chi connectivity index (χ0) is 17.4. The lowest BCUT2D eigenvalue weighted by Gasteiger charge is -2.21. The van der Waals surface area contributed by atoms with Crippen LogP contribution in [0.5, 0.6) is 0 Å². The predicted molar refractivity (Wildman–Crippen MR) is 122 cm³/mol. The van der Waals surface area contributed by atoms with Crippen molar-refractivity contribution in [3.63, 3.8) is 0 Å². The zero-order valence-electron chi connectivity index (χ0n) is 15.3. The van der Waals surface area contributed by atoms with Crippen LogP contribution in [0.25, 0.3) is 0 Å². The van der Waals surface area contributed by atoms with Gasteiger partial charge in [-0.05, 0) is 19.4 Å². The molecule has 138 valence electrons. The number of nitrogens with zero attached hydrogens (tertiary/aromatic N) is 3. The molecule has 2 rings (SSSR count). The van der Waals surface area contributed by atoms with Gasteiger partial charge in [-0.3, -0.25) is 4.99 Å². The van der Waals surface area contributed by atoms with Crippen LogP contribution >= 0.6 is 47.1 Å². The van der Waals surface area contributed by atoms with E-state index in [1.165, 1.54) is 11.1 Å². The topological polar surface area (TPSA) is 40.5 Å². The molecule has 0 aliphatic rings. The van der Waals surface area contributed by atoms with Gasteiger partial charge in [0.1, 0.15) is 0 Å². The predicted octanol–water partition coefficient (Wildman–Crippen LogP) is 4.32. The average molecular weight is 490 g/mol. The third-order valence-electron chi connectivity index (χ3n) is 3.56. The molecular weight excluding hydrogens is 463 g/mol. The van der Waals surface area contributed by atoms with E-state index >= 15 is 0 Å². The molecule has 0 saturated carbocycles. The molecule has 1 aromatic carbocycles. The molecule has 0 atom stereocenters. The maximum absolute atomic E-state index is 4.51. The lowest BCUT2D eigenvalue weighted by atomic mass is 10.2. The minimum Gasteiger partial charge on any atom is -0.355 e. The van der Waals surface area contributed by atoms with Crippen LogP contribution in [-0.2, 0) is 12.3 Å². The Bertz CT molecular complexity index is 655. The largest absolute Gasteiger partial charge is 0.355 e. The Labute approximate surface area is 176 Å². The molecule has 0 spiro atoms. The fraction of sp³-hybridized carbons (Fsp3) is 0.444. The molecule has 0 radical (unpaired) electrons. The van der Waals surface area contributed by atoms with Crippen molar-refractivity contribution in [1.29, 1.82) is 0 Å². The number of hydrogen-bond acceptors (Lipinski definition) is 4.